The van der Waals surface area contributed by atoms with E-state index in [1.54, 1.807) is 6.07 Å². The predicted molar refractivity (Wildman–Crippen MR) is 93.1 cm³/mol. The molecule has 1 atom stereocenters. The molecular formula is C15H22BrCl2FN2. The number of piperazine rings is 1. The van der Waals surface area contributed by atoms with Gasteiger partial charge in [0, 0.05) is 37.8 Å². The first-order valence-corrected chi connectivity index (χ1v) is 7.93. The Labute approximate surface area is 146 Å². The van der Waals surface area contributed by atoms with Crippen LogP contribution in [0.1, 0.15) is 30.9 Å². The lowest BCUT2D eigenvalue weighted by Gasteiger charge is -2.35. The molecule has 0 amide bonds. The normalized spacial score (nSPS) is 20.3. The van der Waals surface area contributed by atoms with Crippen LogP contribution in [-0.4, -0.2) is 31.1 Å². The molecule has 2 aliphatic rings. The van der Waals surface area contributed by atoms with E-state index in [2.05, 4.69) is 26.1 Å². The molecule has 1 aliphatic heterocycles. The van der Waals surface area contributed by atoms with Gasteiger partial charge in [0.15, 0.2) is 0 Å². The van der Waals surface area contributed by atoms with Gasteiger partial charge in [-0.1, -0.05) is 25.0 Å². The highest BCUT2D eigenvalue weighted by atomic mass is 79.9. The maximum atomic E-state index is 14.4. The van der Waals surface area contributed by atoms with Gasteiger partial charge in [-0.15, -0.1) is 24.8 Å². The summed E-state index contributed by atoms with van der Waals surface area (Å²) in [6.45, 7) is 4.06. The van der Waals surface area contributed by atoms with Crippen molar-refractivity contribution in [3.8, 4) is 0 Å². The van der Waals surface area contributed by atoms with Gasteiger partial charge in [-0.05, 0) is 34.3 Å². The molecular weight excluding hydrogens is 378 g/mol. The Balaban J connectivity index is 0.00000110. The van der Waals surface area contributed by atoms with E-state index in [0.29, 0.717) is 4.47 Å². The van der Waals surface area contributed by atoms with Crippen LogP contribution in [0.15, 0.2) is 22.7 Å². The third kappa shape index (κ3) is 4.80. The molecule has 0 spiro atoms. The van der Waals surface area contributed by atoms with Crippen molar-refractivity contribution < 1.29 is 4.39 Å². The van der Waals surface area contributed by atoms with E-state index in [4.69, 9.17) is 0 Å². The molecule has 0 unspecified atom stereocenters. The number of rotatable bonds is 4. The minimum Gasteiger partial charge on any atom is -0.314 e. The summed E-state index contributed by atoms with van der Waals surface area (Å²) in [6.07, 6.45) is 3.74. The number of halogens is 4. The van der Waals surface area contributed by atoms with Gasteiger partial charge in [0.2, 0.25) is 0 Å². The van der Waals surface area contributed by atoms with Gasteiger partial charge in [0.25, 0.3) is 0 Å². The van der Waals surface area contributed by atoms with Crippen molar-refractivity contribution in [2.75, 3.05) is 26.2 Å². The topological polar surface area (TPSA) is 15.3 Å². The summed E-state index contributed by atoms with van der Waals surface area (Å²) < 4.78 is 15.0. The number of benzene rings is 1. The first kappa shape index (κ1) is 19.2. The minimum absolute atomic E-state index is 0. The zero-order chi connectivity index (χ0) is 13.2. The third-order valence-electron chi connectivity index (χ3n) is 4.19. The van der Waals surface area contributed by atoms with Crippen LogP contribution >= 0.6 is 40.7 Å². The molecule has 0 aromatic heterocycles. The zero-order valence-corrected chi connectivity index (χ0v) is 15.1. The average molecular weight is 400 g/mol. The summed E-state index contributed by atoms with van der Waals surface area (Å²) >= 11 is 3.31. The molecule has 2 fully saturated rings. The molecule has 2 nitrogen and oxygen atoms in total. The number of hydrogen-bond acceptors (Lipinski definition) is 2. The maximum absolute atomic E-state index is 14.4. The molecule has 1 saturated heterocycles. The fourth-order valence-corrected chi connectivity index (χ4v) is 3.30. The maximum Gasteiger partial charge on any atom is 0.142 e. The molecule has 0 bridgehead atoms. The summed E-state index contributed by atoms with van der Waals surface area (Å²) in [5.41, 5.74) is 0.864. The van der Waals surface area contributed by atoms with Gasteiger partial charge in [0.1, 0.15) is 5.82 Å². The van der Waals surface area contributed by atoms with Gasteiger partial charge in [0.05, 0.1) is 4.47 Å². The fraction of sp³-hybridized carbons (Fsp3) is 0.600. The van der Waals surface area contributed by atoms with Crippen LogP contribution in [0, 0.1) is 11.7 Å². The molecule has 1 aromatic carbocycles. The van der Waals surface area contributed by atoms with Crippen LogP contribution in [-0.2, 0) is 0 Å². The summed E-state index contributed by atoms with van der Waals surface area (Å²) in [7, 11) is 0. The van der Waals surface area contributed by atoms with E-state index in [0.717, 1.165) is 44.1 Å². The van der Waals surface area contributed by atoms with Crippen molar-refractivity contribution >= 4 is 40.7 Å². The van der Waals surface area contributed by atoms with E-state index >= 15 is 0 Å². The summed E-state index contributed by atoms with van der Waals surface area (Å²) in [5.74, 6) is 0.727. The van der Waals surface area contributed by atoms with E-state index in [9.17, 15) is 4.39 Å². The lowest BCUT2D eigenvalue weighted by molar-refractivity contribution is 0.157. The largest absolute Gasteiger partial charge is 0.314 e. The Hall–Kier alpha value is 0.130. The van der Waals surface area contributed by atoms with Gasteiger partial charge in [-0.25, -0.2) is 4.39 Å². The van der Waals surface area contributed by atoms with Crippen molar-refractivity contribution in [2.45, 2.75) is 25.3 Å². The average Bonchev–Trinajstić information content (AvgIpc) is 3.25. The second-order valence-corrected chi connectivity index (χ2v) is 6.48. The Morgan fingerprint density at radius 2 is 1.90 bits per heavy atom. The lowest BCUT2D eigenvalue weighted by atomic mass is 9.98. The predicted octanol–water partition coefficient (Wildman–Crippen LogP) is 4.18. The Morgan fingerprint density at radius 3 is 2.52 bits per heavy atom. The third-order valence-corrected chi connectivity index (χ3v) is 4.80. The van der Waals surface area contributed by atoms with Gasteiger partial charge >= 0.3 is 0 Å². The molecule has 6 heteroatoms. The van der Waals surface area contributed by atoms with E-state index in [1.165, 1.54) is 12.8 Å². The van der Waals surface area contributed by atoms with Gasteiger partial charge < -0.3 is 5.32 Å². The molecule has 1 N–H and O–H groups in total. The van der Waals surface area contributed by atoms with Crippen molar-refractivity contribution in [3.63, 3.8) is 0 Å². The highest BCUT2D eigenvalue weighted by Crippen LogP contribution is 2.41. The van der Waals surface area contributed by atoms with E-state index < -0.39 is 0 Å². The molecule has 120 valence electrons. The van der Waals surface area contributed by atoms with Crippen molar-refractivity contribution in [1.82, 2.24) is 10.2 Å². The second-order valence-electron chi connectivity index (χ2n) is 5.62. The Morgan fingerprint density at radius 1 is 1.24 bits per heavy atom. The van der Waals surface area contributed by atoms with E-state index in [-0.39, 0.29) is 36.7 Å². The number of hydrogen-bond donors (Lipinski definition) is 1. The van der Waals surface area contributed by atoms with Crippen molar-refractivity contribution in [3.05, 3.63) is 34.1 Å². The molecule has 21 heavy (non-hydrogen) atoms. The summed E-state index contributed by atoms with van der Waals surface area (Å²) in [5, 5.41) is 3.37. The van der Waals surface area contributed by atoms with Crippen LogP contribution < -0.4 is 5.32 Å². The van der Waals surface area contributed by atoms with Crippen LogP contribution in [0.25, 0.3) is 0 Å². The van der Waals surface area contributed by atoms with Crippen molar-refractivity contribution in [2.24, 2.45) is 5.92 Å². The van der Waals surface area contributed by atoms with Crippen molar-refractivity contribution in [1.29, 1.82) is 0 Å². The summed E-state index contributed by atoms with van der Waals surface area (Å²) in [4.78, 5) is 2.44. The highest BCUT2D eigenvalue weighted by Gasteiger charge is 2.32. The van der Waals surface area contributed by atoms with E-state index in [1.807, 2.05) is 12.1 Å². The first-order valence-electron chi connectivity index (χ1n) is 7.14. The van der Waals surface area contributed by atoms with Gasteiger partial charge in [-0.3, -0.25) is 4.90 Å². The SMILES string of the molecule is Cl.Cl.Fc1c(Br)cccc1[C@H](CC1CC1)N1CCNCC1. The minimum atomic E-state index is -0.0771. The van der Waals surface area contributed by atoms with Gasteiger partial charge in [-0.2, -0.15) is 0 Å². The molecule has 1 heterocycles. The highest BCUT2D eigenvalue weighted by molar-refractivity contribution is 9.10. The standard InChI is InChI=1S/C15H20BrFN2.2ClH/c16-13-3-1-2-12(15(13)17)14(10-11-4-5-11)19-8-6-18-7-9-19;;/h1-3,11,14,18H,4-10H2;2*1H/t14-;;/m0../s1. The molecule has 1 saturated carbocycles. The fourth-order valence-electron chi connectivity index (χ4n) is 2.91. The van der Waals surface area contributed by atoms with Crippen LogP contribution in [0.3, 0.4) is 0 Å². The number of nitrogens with zero attached hydrogens (tertiary/aromatic N) is 1. The van der Waals surface area contributed by atoms with Crippen LogP contribution in [0.4, 0.5) is 4.39 Å². The zero-order valence-electron chi connectivity index (χ0n) is 11.9. The molecule has 1 aliphatic carbocycles. The molecule has 1 aromatic rings. The number of nitrogens with one attached hydrogen (secondary N) is 1. The monoisotopic (exact) mass is 398 g/mol. The van der Waals surface area contributed by atoms with Crippen LogP contribution in [0.2, 0.25) is 0 Å². The smallest absolute Gasteiger partial charge is 0.142 e. The summed E-state index contributed by atoms with van der Waals surface area (Å²) in [6, 6.07) is 5.93. The molecule has 3 rings (SSSR count). The molecule has 0 radical (unpaired) electrons. The quantitative estimate of drug-likeness (QED) is 0.816. The van der Waals surface area contributed by atoms with Crippen LogP contribution in [0.5, 0.6) is 0 Å². The lowest BCUT2D eigenvalue weighted by Crippen LogP contribution is -2.45. The first-order chi connectivity index (χ1) is 9.25. The Kier molecular flexibility index (Phi) is 7.93. The Bertz CT molecular complexity index is 451. The second kappa shape index (κ2) is 8.68.